The summed E-state index contributed by atoms with van der Waals surface area (Å²) in [6, 6.07) is 0. The van der Waals surface area contributed by atoms with Gasteiger partial charge in [0.05, 0.1) is 12.7 Å². The van der Waals surface area contributed by atoms with Gasteiger partial charge in [-0.2, -0.15) is 11.8 Å². The number of ether oxygens (including phenoxy) is 1. The number of hydrogen-bond acceptors (Lipinski definition) is 3. The maximum Gasteiger partial charge on any atom is 0.0682 e. The van der Waals surface area contributed by atoms with Gasteiger partial charge in [-0.15, -0.1) is 0 Å². The predicted molar refractivity (Wildman–Crippen MR) is 64.2 cm³/mol. The highest BCUT2D eigenvalue weighted by Crippen LogP contribution is 2.49. The van der Waals surface area contributed by atoms with Crippen LogP contribution in [-0.4, -0.2) is 36.4 Å². The third kappa shape index (κ3) is 2.51. The molecular formula is C12H22O2S. The normalized spacial score (nSPS) is 36.0. The van der Waals surface area contributed by atoms with Gasteiger partial charge in [-0.1, -0.05) is 0 Å². The fourth-order valence-electron chi connectivity index (χ4n) is 2.83. The van der Waals surface area contributed by atoms with Crippen LogP contribution in [0.15, 0.2) is 0 Å². The lowest BCUT2D eigenvalue weighted by Crippen LogP contribution is -2.36. The van der Waals surface area contributed by atoms with E-state index in [2.05, 4.69) is 6.26 Å². The molecule has 2 aliphatic rings. The Morgan fingerprint density at radius 2 is 2.27 bits per heavy atom. The van der Waals surface area contributed by atoms with Crippen LogP contribution >= 0.6 is 11.8 Å². The largest absolute Gasteiger partial charge is 0.396 e. The molecule has 3 heteroatoms. The van der Waals surface area contributed by atoms with Gasteiger partial charge in [0.15, 0.2) is 0 Å². The highest BCUT2D eigenvalue weighted by atomic mass is 32.2. The molecule has 1 heterocycles. The second-order valence-corrected chi connectivity index (χ2v) is 5.98. The van der Waals surface area contributed by atoms with Crippen LogP contribution in [0.5, 0.6) is 0 Å². The molecular weight excluding hydrogens is 208 g/mol. The van der Waals surface area contributed by atoms with Crippen LogP contribution < -0.4 is 0 Å². The Morgan fingerprint density at radius 1 is 1.47 bits per heavy atom. The summed E-state index contributed by atoms with van der Waals surface area (Å²) in [5.41, 5.74) is 0.108. The summed E-state index contributed by atoms with van der Waals surface area (Å²) in [5.74, 6) is 1.97. The molecule has 0 amide bonds. The molecule has 1 saturated heterocycles. The summed E-state index contributed by atoms with van der Waals surface area (Å²) in [6.45, 7) is 1.18. The summed E-state index contributed by atoms with van der Waals surface area (Å²) < 4.78 is 5.85. The van der Waals surface area contributed by atoms with E-state index in [1.807, 2.05) is 11.8 Å². The molecule has 1 N–H and O–H groups in total. The number of hydrogen-bond donors (Lipinski definition) is 1. The first-order valence-corrected chi connectivity index (χ1v) is 7.43. The van der Waals surface area contributed by atoms with Crippen molar-refractivity contribution in [2.75, 3.05) is 25.2 Å². The minimum absolute atomic E-state index is 0.108. The maximum atomic E-state index is 9.68. The Bertz CT molecular complexity index is 206. The zero-order chi connectivity index (χ0) is 10.7. The van der Waals surface area contributed by atoms with Gasteiger partial charge in [0.25, 0.3) is 0 Å². The first-order valence-electron chi connectivity index (χ1n) is 6.04. The minimum Gasteiger partial charge on any atom is -0.396 e. The lowest BCUT2D eigenvalue weighted by molar-refractivity contribution is -0.00441. The molecule has 2 unspecified atom stereocenters. The summed E-state index contributed by atoms with van der Waals surface area (Å²) in [4.78, 5) is 0. The molecule has 2 fully saturated rings. The van der Waals surface area contributed by atoms with Crippen molar-refractivity contribution in [2.45, 2.75) is 38.2 Å². The van der Waals surface area contributed by atoms with Gasteiger partial charge < -0.3 is 9.84 Å². The Labute approximate surface area is 96.8 Å². The fourth-order valence-corrected chi connectivity index (χ4v) is 3.26. The molecule has 15 heavy (non-hydrogen) atoms. The van der Waals surface area contributed by atoms with Gasteiger partial charge in [0.2, 0.25) is 0 Å². The summed E-state index contributed by atoms with van der Waals surface area (Å²) >= 11 is 1.90. The van der Waals surface area contributed by atoms with Crippen LogP contribution in [0.4, 0.5) is 0 Å². The third-order valence-corrected chi connectivity index (χ3v) is 4.59. The highest BCUT2D eigenvalue weighted by molar-refractivity contribution is 7.98. The van der Waals surface area contributed by atoms with Crippen molar-refractivity contribution in [3.05, 3.63) is 0 Å². The van der Waals surface area contributed by atoms with Gasteiger partial charge >= 0.3 is 0 Å². The second-order valence-electron chi connectivity index (χ2n) is 5.00. The Kier molecular flexibility index (Phi) is 3.97. The van der Waals surface area contributed by atoms with Crippen LogP contribution in [0.1, 0.15) is 32.1 Å². The van der Waals surface area contributed by atoms with Crippen molar-refractivity contribution in [1.82, 2.24) is 0 Å². The van der Waals surface area contributed by atoms with Crippen LogP contribution in [0, 0.1) is 11.3 Å². The number of thioether (sulfide) groups is 1. The van der Waals surface area contributed by atoms with E-state index < -0.39 is 0 Å². The molecule has 2 rings (SSSR count). The van der Waals surface area contributed by atoms with Crippen LogP contribution in [0.2, 0.25) is 0 Å². The van der Waals surface area contributed by atoms with Gasteiger partial charge in [0.1, 0.15) is 0 Å². The van der Waals surface area contributed by atoms with E-state index in [1.54, 1.807) is 0 Å². The first kappa shape index (κ1) is 11.7. The zero-order valence-corrected chi connectivity index (χ0v) is 10.4. The average molecular weight is 230 g/mol. The Hall–Kier alpha value is 0.270. The van der Waals surface area contributed by atoms with Crippen molar-refractivity contribution in [1.29, 1.82) is 0 Å². The van der Waals surface area contributed by atoms with E-state index in [1.165, 1.54) is 25.0 Å². The van der Waals surface area contributed by atoms with Crippen molar-refractivity contribution < 1.29 is 9.84 Å². The molecule has 0 aromatic carbocycles. The van der Waals surface area contributed by atoms with Crippen molar-refractivity contribution in [3.8, 4) is 0 Å². The quantitative estimate of drug-likeness (QED) is 0.710. The molecule has 0 radical (unpaired) electrons. The molecule has 0 aromatic rings. The summed E-state index contributed by atoms with van der Waals surface area (Å²) in [6.07, 6.45) is 8.57. The summed E-state index contributed by atoms with van der Waals surface area (Å²) in [5, 5.41) is 9.68. The van der Waals surface area contributed by atoms with Crippen molar-refractivity contribution in [2.24, 2.45) is 11.3 Å². The monoisotopic (exact) mass is 230 g/mol. The lowest BCUT2D eigenvalue weighted by atomic mass is 9.76. The smallest absolute Gasteiger partial charge is 0.0682 e. The molecule has 1 aliphatic heterocycles. The van der Waals surface area contributed by atoms with E-state index in [0.717, 1.165) is 25.4 Å². The Morgan fingerprint density at radius 3 is 2.87 bits per heavy atom. The van der Waals surface area contributed by atoms with Crippen LogP contribution in [0.25, 0.3) is 0 Å². The standard InChI is InChI=1S/C12H22O2S/c1-15-8-2-5-12(9-13)6-7-14-11(12)10-3-4-10/h10-11,13H,2-9H2,1H3. The van der Waals surface area contributed by atoms with Crippen molar-refractivity contribution >= 4 is 11.8 Å². The lowest BCUT2D eigenvalue weighted by Gasteiger charge is -2.32. The van der Waals surface area contributed by atoms with Crippen LogP contribution in [-0.2, 0) is 4.74 Å². The van der Waals surface area contributed by atoms with Gasteiger partial charge in [-0.25, -0.2) is 0 Å². The fraction of sp³-hybridized carbons (Fsp3) is 1.00. The predicted octanol–water partition coefficient (Wildman–Crippen LogP) is 2.31. The van der Waals surface area contributed by atoms with Gasteiger partial charge in [-0.05, 0) is 50.0 Å². The maximum absolute atomic E-state index is 9.68. The Balaban J connectivity index is 1.92. The summed E-state index contributed by atoms with van der Waals surface area (Å²) in [7, 11) is 0. The average Bonchev–Trinajstić information content (AvgIpc) is 3.01. The molecule has 2 nitrogen and oxygen atoms in total. The number of rotatable bonds is 6. The highest BCUT2D eigenvalue weighted by Gasteiger charge is 2.50. The molecule has 1 aliphatic carbocycles. The van der Waals surface area contributed by atoms with E-state index in [4.69, 9.17) is 4.74 Å². The zero-order valence-electron chi connectivity index (χ0n) is 9.58. The van der Waals surface area contributed by atoms with Crippen LogP contribution in [0.3, 0.4) is 0 Å². The molecule has 2 atom stereocenters. The van der Waals surface area contributed by atoms with Gasteiger partial charge in [0, 0.05) is 12.0 Å². The molecule has 0 spiro atoms. The van der Waals surface area contributed by atoms with Crippen molar-refractivity contribution in [3.63, 3.8) is 0 Å². The number of aliphatic hydroxyl groups excluding tert-OH is 1. The SMILES string of the molecule is CSCCCC1(CO)CCOC1C1CC1. The molecule has 0 aromatic heterocycles. The minimum atomic E-state index is 0.108. The number of aliphatic hydroxyl groups is 1. The van der Waals surface area contributed by atoms with E-state index >= 15 is 0 Å². The van der Waals surface area contributed by atoms with E-state index in [0.29, 0.717) is 12.7 Å². The van der Waals surface area contributed by atoms with Gasteiger partial charge in [-0.3, -0.25) is 0 Å². The first-order chi connectivity index (χ1) is 7.32. The van der Waals surface area contributed by atoms with E-state index in [9.17, 15) is 5.11 Å². The molecule has 88 valence electrons. The topological polar surface area (TPSA) is 29.5 Å². The van der Waals surface area contributed by atoms with E-state index in [-0.39, 0.29) is 5.41 Å². The second kappa shape index (κ2) is 5.07. The third-order valence-electron chi connectivity index (χ3n) is 3.89. The molecule has 1 saturated carbocycles. The molecule has 0 bridgehead atoms.